The first-order chi connectivity index (χ1) is 14.5. The Bertz CT molecular complexity index is 1100. The van der Waals surface area contributed by atoms with Crippen LogP contribution < -0.4 is 0 Å². The van der Waals surface area contributed by atoms with Gasteiger partial charge in [0.1, 0.15) is 11.4 Å². The average molecular weight is 407 g/mol. The Kier molecular flexibility index (Phi) is 5.40. The molecule has 0 fully saturated rings. The van der Waals surface area contributed by atoms with Crippen LogP contribution in [0.25, 0.3) is 11.0 Å². The summed E-state index contributed by atoms with van der Waals surface area (Å²) in [6, 6.07) is 13.6. The maximum absolute atomic E-state index is 13.5. The number of rotatable bonds is 7. The number of nitrogens with zero attached hydrogens (tertiary/aromatic N) is 1. The van der Waals surface area contributed by atoms with E-state index in [-0.39, 0.29) is 11.3 Å². The number of ketones is 1. The monoisotopic (exact) mass is 407 g/mol. The van der Waals surface area contributed by atoms with Crippen LogP contribution in [0.2, 0.25) is 0 Å². The van der Waals surface area contributed by atoms with Crippen LogP contribution in [0.4, 0.5) is 4.39 Å². The summed E-state index contributed by atoms with van der Waals surface area (Å²) in [5.41, 5.74) is 1.07. The average Bonchev–Trinajstić information content (AvgIpc) is 3.29. The lowest BCUT2D eigenvalue weighted by atomic mass is 9.95. The van der Waals surface area contributed by atoms with Crippen molar-refractivity contribution in [2.45, 2.75) is 32.2 Å². The highest BCUT2D eigenvalue weighted by molar-refractivity contribution is 6.16. The Balaban J connectivity index is 1.76. The van der Waals surface area contributed by atoms with E-state index in [4.69, 9.17) is 4.42 Å². The number of amides is 1. The Morgan fingerprint density at radius 1 is 1.13 bits per heavy atom. The van der Waals surface area contributed by atoms with Crippen molar-refractivity contribution < 1.29 is 23.5 Å². The molecule has 0 aliphatic carbocycles. The molecule has 0 radical (unpaired) electrons. The van der Waals surface area contributed by atoms with E-state index in [0.717, 1.165) is 24.6 Å². The van der Waals surface area contributed by atoms with Crippen LogP contribution in [0.15, 0.2) is 70.3 Å². The van der Waals surface area contributed by atoms with E-state index in [1.165, 1.54) is 29.2 Å². The molecule has 0 saturated heterocycles. The molecule has 4 rings (SSSR count). The molecule has 2 heterocycles. The number of Topliss-reactive ketones (excluding diaryl/α,β-unsaturated/α-hetero) is 1. The van der Waals surface area contributed by atoms with Crippen molar-refractivity contribution in [3.63, 3.8) is 0 Å². The molecule has 0 bridgehead atoms. The van der Waals surface area contributed by atoms with E-state index in [1.807, 2.05) is 12.1 Å². The van der Waals surface area contributed by atoms with Crippen LogP contribution in [-0.2, 0) is 4.79 Å². The SMILES string of the molecule is CCCCCN1C(=O)C(O)=C(C(=O)c2cc3ccccc3o2)C1c1ccc(F)cc1. The zero-order chi connectivity index (χ0) is 21.3. The molecular weight excluding hydrogens is 385 g/mol. The van der Waals surface area contributed by atoms with Crippen molar-refractivity contribution in [2.75, 3.05) is 6.54 Å². The van der Waals surface area contributed by atoms with Crippen molar-refractivity contribution >= 4 is 22.7 Å². The first kappa shape index (κ1) is 19.9. The van der Waals surface area contributed by atoms with E-state index in [2.05, 4.69) is 6.92 Å². The number of unbranched alkanes of at least 4 members (excludes halogenated alkanes) is 2. The van der Waals surface area contributed by atoms with Crippen LogP contribution in [0, 0.1) is 5.82 Å². The molecule has 5 nitrogen and oxygen atoms in total. The first-order valence-corrected chi connectivity index (χ1v) is 10.0. The predicted octanol–water partition coefficient (Wildman–Crippen LogP) is 5.34. The summed E-state index contributed by atoms with van der Waals surface area (Å²) in [5, 5.41) is 11.4. The highest BCUT2D eigenvalue weighted by Gasteiger charge is 2.44. The lowest BCUT2D eigenvalue weighted by molar-refractivity contribution is -0.129. The van der Waals surface area contributed by atoms with Gasteiger partial charge in [-0.25, -0.2) is 4.39 Å². The molecule has 1 aromatic heterocycles. The van der Waals surface area contributed by atoms with Crippen molar-refractivity contribution in [2.24, 2.45) is 0 Å². The second-order valence-corrected chi connectivity index (χ2v) is 7.40. The molecule has 1 aliphatic heterocycles. The Morgan fingerprint density at radius 3 is 2.57 bits per heavy atom. The van der Waals surface area contributed by atoms with Gasteiger partial charge in [-0.15, -0.1) is 0 Å². The van der Waals surface area contributed by atoms with Crippen molar-refractivity contribution in [1.82, 2.24) is 4.90 Å². The standard InChI is InChI=1S/C24H22FNO4/c1-2-3-6-13-26-21(15-9-11-17(25)12-10-15)20(23(28)24(26)29)22(27)19-14-16-7-4-5-8-18(16)30-19/h4-5,7-12,14,21,28H,2-3,6,13H2,1H3. The zero-order valence-corrected chi connectivity index (χ0v) is 16.6. The van der Waals surface area contributed by atoms with Gasteiger partial charge in [0, 0.05) is 11.9 Å². The summed E-state index contributed by atoms with van der Waals surface area (Å²) in [6.45, 7) is 2.44. The molecular formula is C24H22FNO4. The van der Waals surface area contributed by atoms with Gasteiger partial charge in [0.15, 0.2) is 11.5 Å². The summed E-state index contributed by atoms with van der Waals surface area (Å²) < 4.78 is 19.2. The molecule has 1 N–H and O–H groups in total. The van der Waals surface area contributed by atoms with Crippen LogP contribution in [-0.4, -0.2) is 28.2 Å². The number of hydrogen-bond acceptors (Lipinski definition) is 4. The maximum atomic E-state index is 13.5. The van der Waals surface area contributed by atoms with Gasteiger partial charge in [0.2, 0.25) is 5.78 Å². The molecule has 6 heteroatoms. The third-order valence-electron chi connectivity index (χ3n) is 5.39. The third-order valence-corrected chi connectivity index (χ3v) is 5.39. The highest BCUT2D eigenvalue weighted by Crippen LogP contribution is 2.39. The minimum absolute atomic E-state index is 0.0397. The Morgan fingerprint density at radius 2 is 1.87 bits per heavy atom. The number of hydrogen-bond donors (Lipinski definition) is 1. The number of furan rings is 1. The number of halogens is 1. The topological polar surface area (TPSA) is 70.8 Å². The summed E-state index contributed by atoms with van der Waals surface area (Å²) >= 11 is 0. The second-order valence-electron chi connectivity index (χ2n) is 7.40. The number of carbonyl (C=O) groups is 2. The quantitative estimate of drug-likeness (QED) is 0.424. The van der Waals surface area contributed by atoms with Gasteiger partial charge in [-0.2, -0.15) is 0 Å². The van der Waals surface area contributed by atoms with E-state index >= 15 is 0 Å². The number of para-hydroxylation sites is 1. The predicted molar refractivity (Wildman–Crippen MR) is 111 cm³/mol. The van der Waals surface area contributed by atoms with E-state index in [1.54, 1.807) is 18.2 Å². The number of carbonyl (C=O) groups excluding carboxylic acids is 2. The molecule has 1 aliphatic rings. The summed E-state index contributed by atoms with van der Waals surface area (Å²) in [6.07, 6.45) is 2.61. The van der Waals surface area contributed by atoms with E-state index < -0.39 is 29.3 Å². The maximum Gasteiger partial charge on any atom is 0.290 e. The minimum atomic E-state index is -0.796. The summed E-state index contributed by atoms with van der Waals surface area (Å²) in [4.78, 5) is 27.6. The van der Waals surface area contributed by atoms with Crippen LogP contribution in [0.5, 0.6) is 0 Å². The Hall–Kier alpha value is -3.41. The highest BCUT2D eigenvalue weighted by atomic mass is 19.1. The minimum Gasteiger partial charge on any atom is -0.503 e. The lowest BCUT2D eigenvalue weighted by Crippen LogP contribution is -2.32. The van der Waals surface area contributed by atoms with E-state index in [9.17, 15) is 19.1 Å². The molecule has 0 spiro atoms. The molecule has 30 heavy (non-hydrogen) atoms. The normalized spacial score (nSPS) is 16.7. The molecule has 0 saturated carbocycles. The fourth-order valence-corrected chi connectivity index (χ4v) is 3.87. The molecule has 3 aromatic rings. The molecule has 2 aromatic carbocycles. The first-order valence-electron chi connectivity index (χ1n) is 10.0. The van der Waals surface area contributed by atoms with Crippen LogP contribution in [0.3, 0.4) is 0 Å². The summed E-state index contributed by atoms with van der Waals surface area (Å²) in [5.74, 6) is -2.09. The molecule has 1 atom stereocenters. The van der Waals surface area contributed by atoms with E-state index in [0.29, 0.717) is 17.7 Å². The van der Waals surface area contributed by atoms with Gasteiger partial charge >= 0.3 is 0 Å². The summed E-state index contributed by atoms with van der Waals surface area (Å²) in [7, 11) is 0. The number of fused-ring (bicyclic) bond motifs is 1. The largest absolute Gasteiger partial charge is 0.503 e. The van der Waals surface area contributed by atoms with Crippen molar-refractivity contribution in [3.05, 3.63) is 83.1 Å². The fraction of sp³-hybridized carbons (Fsp3) is 0.250. The van der Waals surface area contributed by atoms with Gasteiger partial charge in [-0.1, -0.05) is 50.1 Å². The van der Waals surface area contributed by atoms with Crippen molar-refractivity contribution in [1.29, 1.82) is 0 Å². The van der Waals surface area contributed by atoms with Gasteiger partial charge in [-0.05, 0) is 36.2 Å². The molecule has 154 valence electrons. The van der Waals surface area contributed by atoms with Gasteiger partial charge < -0.3 is 14.4 Å². The molecule has 1 amide bonds. The van der Waals surface area contributed by atoms with Gasteiger partial charge in [0.25, 0.3) is 5.91 Å². The smallest absolute Gasteiger partial charge is 0.290 e. The van der Waals surface area contributed by atoms with Gasteiger partial charge in [-0.3, -0.25) is 9.59 Å². The number of benzene rings is 2. The fourth-order valence-electron chi connectivity index (χ4n) is 3.87. The van der Waals surface area contributed by atoms with Crippen molar-refractivity contribution in [3.8, 4) is 0 Å². The van der Waals surface area contributed by atoms with Gasteiger partial charge in [0.05, 0.1) is 11.6 Å². The lowest BCUT2D eigenvalue weighted by Gasteiger charge is -2.26. The zero-order valence-electron chi connectivity index (χ0n) is 16.6. The number of aliphatic hydroxyl groups is 1. The van der Waals surface area contributed by atoms with Crippen LogP contribution >= 0.6 is 0 Å². The second kappa shape index (κ2) is 8.14. The Labute approximate surface area is 173 Å². The van der Waals surface area contributed by atoms with Crippen LogP contribution in [0.1, 0.15) is 48.3 Å². The third kappa shape index (κ3) is 3.49. The molecule has 1 unspecified atom stereocenters. The number of aliphatic hydroxyl groups excluding tert-OH is 1.